The monoisotopic (exact) mass is 553 g/mol. The topological polar surface area (TPSA) is 96.3 Å². The Bertz CT molecular complexity index is 1300. The Morgan fingerprint density at radius 1 is 1.24 bits per heavy atom. The SMILES string of the molecule is CNC(=O)C[C@H]1C[C@H](n2c(NC(C)C)nc3c(c2=O)C[C@@H](C)N(C(=O)c2ccc(Cl)c(C(F)(F)F)c2)C3)C1. The molecule has 1 fully saturated rings. The fraction of sp³-hybridized carbons (Fsp3) is 0.538. The lowest BCUT2D eigenvalue weighted by Crippen LogP contribution is -2.47. The highest BCUT2D eigenvalue weighted by Gasteiger charge is 2.38. The van der Waals surface area contributed by atoms with E-state index in [1.165, 1.54) is 11.0 Å². The van der Waals surface area contributed by atoms with Crippen LogP contribution >= 0.6 is 11.6 Å². The zero-order valence-electron chi connectivity index (χ0n) is 21.7. The molecular weight excluding hydrogens is 523 g/mol. The minimum atomic E-state index is -4.70. The highest BCUT2D eigenvalue weighted by molar-refractivity contribution is 6.31. The standard InChI is InChI=1S/C26H31ClF3N5O3/c1-13(2)32-25-33-21-12-34(23(37)16-5-6-20(27)19(11-16)26(28,29)30)14(3)7-18(21)24(38)35(25)17-8-15(9-17)10-22(36)31-4/h5-6,11,13-15,17H,7-10,12H2,1-4H3,(H,31,36)(H,32,33)/t14-,15-,17-/m1/s1. The van der Waals surface area contributed by atoms with E-state index in [0.29, 0.717) is 36.5 Å². The molecule has 2 N–H and O–H groups in total. The summed E-state index contributed by atoms with van der Waals surface area (Å²) in [5.74, 6) is -0.0556. The number of anilines is 1. The van der Waals surface area contributed by atoms with Gasteiger partial charge in [0.1, 0.15) is 0 Å². The van der Waals surface area contributed by atoms with Crippen molar-refractivity contribution >= 4 is 29.4 Å². The van der Waals surface area contributed by atoms with Crippen LogP contribution in [0.25, 0.3) is 0 Å². The van der Waals surface area contributed by atoms with Gasteiger partial charge in [-0.25, -0.2) is 4.98 Å². The Morgan fingerprint density at radius 3 is 2.53 bits per heavy atom. The first-order chi connectivity index (χ1) is 17.8. The second-order valence-corrected chi connectivity index (χ2v) is 10.8. The lowest BCUT2D eigenvalue weighted by molar-refractivity contribution is -0.137. The quantitative estimate of drug-likeness (QED) is 0.552. The molecular formula is C26H31ClF3N5O3. The third kappa shape index (κ3) is 5.52. The van der Waals surface area contributed by atoms with Crippen molar-refractivity contribution in [2.24, 2.45) is 5.92 Å². The molecule has 0 bridgehead atoms. The first-order valence-corrected chi connectivity index (χ1v) is 13.0. The van der Waals surface area contributed by atoms with Crippen LogP contribution in [0.4, 0.5) is 19.1 Å². The van der Waals surface area contributed by atoms with Gasteiger partial charge in [0.05, 0.1) is 22.8 Å². The number of fused-ring (bicyclic) bond motifs is 1. The molecule has 8 nitrogen and oxygen atoms in total. The largest absolute Gasteiger partial charge is 0.417 e. The average molecular weight is 554 g/mol. The first-order valence-electron chi connectivity index (χ1n) is 12.6. The first kappa shape index (κ1) is 27.9. The molecule has 1 saturated carbocycles. The van der Waals surface area contributed by atoms with Crippen LogP contribution in [0.3, 0.4) is 0 Å². The van der Waals surface area contributed by atoms with E-state index in [2.05, 4.69) is 10.6 Å². The summed E-state index contributed by atoms with van der Waals surface area (Å²) in [6.45, 7) is 5.59. The summed E-state index contributed by atoms with van der Waals surface area (Å²) >= 11 is 5.72. The van der Waals surface area contributed by atoms with Gasteiger partial charge in [-0.1, -0.05) is 11.6 Å². The van der Waals surface area contributed by atoms with Gasteiger partial charge in [0.15, 0.2) is 0 Å². The minimum Gasteiger partial charge on any atom is -0.359 e. The molecule has 38 heavy (non-hydrogen) atoms. The molecule has 1 aromatic carbocycles. The Balaban J connectivity index is 1.64. The third-order valence-electron chi connectivity index (χ3n) is 7.17. The van der Waals surface area contributed by atoms with Crippen LogP contribution in [0, 0.1) is 5.92 Å². The number of amides is 2. The van der Waals surface area contributed by atoms with Gasteiger partial charge >= 0.3 is 6.18 Å². The van der Waals surface area contributed by atoms with E-state index in [1.807, 2.05) is 13.8 Å². The zero-order chi connectivity index (χ0) is 27.9. The lowest BCUT2D eigenvalue weighted by atomic mass is 9.77. The molecule has 0 saturated heterocycles. The summed E-state index contributed by atoms with van der Waals surface area (Å²) in [6.07, 6.45) is -2.71. The van der Waals surface area contributed by atoms with Crippen molar-refractivity contribution in [3.8, 4) is 0 Å². The molecule has 2 amide bonds. The molecule has 4 rings (SSSR count). The van der Waals surface area contributed by atoms with E-state index >= 15 is 0 Å². The maximum absolute atomic E-state index is 13.7. The van der Waals surface area contributed by atoms with E-state index < -0.39 is 28.7 Å². The molecule has 0 unspecified atom stereocenters. The number of nitrogens with one attached hydrogen (secondary N) is 2. The van der Waals surface area contributed by atoms with Crippen LogP contribution in [0.1, 0.15) is 73.3 Å². The molecule has 2 aromatic rings. The lowest BCUT2D eigenvalue weighted by Gasteiger charge is -2.39. The zero-order valence-corrected chi connectivity index (χ0v) is 22.4. The summed E-state index contributed by atoms with van der Waals surface area (Å²) in [5, 5.41) is 5.37. The molecule has 1 aliphatic carbocycles. The Morgan fingerprint density at radius 2 is 1.92 bits per heavy atom. The van der Waals surface area contributed by atoms with Crippen molar-refractivity contribution in [3.63, 3.8) is 0 Å². The van der Waals surface area contributed by atoms with Gasteiger partial charge < -0.3 is 15.5 Å². The van der Waals surface area contributed by atoms with Crippen molar-refractivity contribution in [1.29, 1.82) is 0 Å². The summed E-state index contributed by atoms with van der Waals surface area (Å²) < 4.78 is 41.7. The van der Waals surface area contributed by atoms with E-state index in [-0.39, 0.29) is 48.0 Å². The predicted molar refractivity (Wildman–Crippen MR) is 137 cm³/mol. The van der Waals surface area contributed by atoms with E-state index in [9.17, 15) is 27.6 Å². The summed E-state index contributed by atoms with van der Waals surface area (Å²) in [5.41, 5.74) is -0.478. The van der Waals surface area contributed by atoms with Gasteiger partial charge in [0.25, 0.3) is 11.5 Å². The summed E-state index contributed by atoms with van der Waals surface area (Å²) in [6, 6.07) is 2.54. The van der Waals surface area contributed by atoms with Crippen LogP contribution in [0.15, 0.2) is 23.0 Å². The number of halogens is 4. The smallest absolute Gasteiger partial charge is 0.359 e. The average Bonchev–Trinajstić information content (AvgIpc) is 2.81. The van der Waals surface area contributed by atoms with Gasteiger partial charge in [-0.2, -0.15) is 13.2 Å². The fourth-order valence-electron chi connectivity index (χ4n) is 5.13. The fourth-order valence-corrected chi connectivity index (χ4v) is 5.35. The minimum absolute atomic E-state index is 0.00781. The number of nitrogens with zero attached hydrogens (tertiary/aromatic N) is 3. The van der Waals surface area contributed by atoms with Crippen molar-refractivity contribution in [2.45, 2.75) is 77.3 Å². The van der Waals surface area contributed by atoms with Crippen LogP contribution in [0.5, 0.6) is 0 Å². The van der Waals surface area contributed by atoms with Gasteiger partial charge in [0.2, 0.25) is 11.9 Å². The number of carbonyl (C=O) groups is 2. The molecule has 1 aromatic heterocycles. The maximum Gasteiger partial charge on any atom is 0.417 e. The van der Waals surface area contributed by atoms with Crippen LogP contribution in [-0.4, -0.2) is 45.4 Å². The van der Waals surface area contributed by atoms with Gasteiger partial charge in [0, 0.05) is 42.7 Å². The van der Waals surface area contributed by atoms with E-state index in [0.717, 1.165) is 12.1 Å². The number of hydrogen-bond donors (Lipinski definition) is 2. The van der Waals surface area contributed by atoms with Crippen molar-refractivity contribution in [2.75, 3.05) is 12.4 Å². The normalized spacial score (nSPS) is 21.1. The van der Waals surface area contributed by atoms with Crippen LogP contribution in [-0.2, 0) is 23.9 Å². The summed E-state index contributed by atoms with van der Waals surface area (Å²) in [7, 11) is 1.60. The van der Waals surface area contributed by atoms with Crippen LogP contribution < -0.4 is 16.2 Å². The van der Waals surface area contributed by atoms with E-state index in [4.69, 9.17) is 16.6 Å². The molecule has 12 heteroatoms. The van der Waals surface area contributed by atoms with Crippen molar-refractivity contribution < 1.29 is 22.8 Å². The van der Waals surface area contributed by atoms with Crippen molar-refractivity contribution in [3.05, 3.63) is 56.0 Å². The number of alkyl halides is 3. The van der Waals surface area contributed by atoms with Crippen LogP contribution in [0.2, 0.25) is 5.02 Å². The van der Waals surface area contributed by atoms with E-state index in [1.54, 1.807) is 18.5 Å². The second kappa shape index (κ2) is 10.6. The highest BCUT2D eigenvalue weighted by Crippen LogP contribution is 2.41. The second-order valence-electron chi connectivity index (χ2n) is 10.4. The highest BCUT2D eigenvalue weighted by atomic mass is 35.5. The molecule has 0 spiro atoms. The number of carbonyl (C=O) groups excluding carboxylic acids is 2. The predicted octanol–water partition coefficient (Wildman–Crippen LogP) is 4.41. The molecule has 1 atom stereocenters. The number of hydrogen-bond acceptors (Lipinski definition) is 5. The molecule has 2 heterocycles. The number of aromatic nitrogens is 2. The Labute approximate surface area is 223 Å². The number of rotatable bonds is 6. The Kier molecular flexibility index (Phi) is 7.79. The van der Waals surface area contributed by atoms with Gasteiger partial charge in [-0.15, -0.1) is 0 Å². The number of benzene rings is 1. The molecule has 0 radical (unpaired) electrons. The molecule has 2 aliphatic rings. The Hall–Kier alpha value is -3.08. The maximum atomic E-state index is 13.7. The van der Waals surface area contributed by atoms with Gasteiger partial charge in [-0.05, 0) is 64.2 Å². The summed E-state index contributed by atoms with van der Waals surface area (Å²) in [4.78, 5) is 44.9. The van der Waals surface area contributed by atoms with Gasteiger partial charge in [-0.3, -0.25) is 19.0 Å². The molecule has 1 aliphatic heterocycles. The molecule has 206 valence electrons. The van der Waals surface area contributed by atoms with Crippen molar-refractivity contribution in [1.82, 2.24) is 19.8 Å². The third-order valence-corrected chi connectivity index (χ3v) is 7.50.